The fourth-order valence-corrected chi connectivity index (χ4v) is 4.03. The molecule has 1 saturated carbocycles. The number of benzene rings is 2. The molecule has 0 aromatic heterocycles. The van der Waals surface area contributed by atoms with Crippen molar-refractivity contribution in [2.24, 2.45) is 5.92 Å². The molecule has 3 rings (SSSR count). The summed E-state index contributed by atoms with van der Waals surface area (Å²) < 4.78 is 14.6. The maximum atomic E-state index is 14.6. The summed E-state index contributed by atoms with van der Waals surface area (Å²) >= 11 is 0. The number of unbranched alkanes of at least 4 members (excludes halogenated alkanes) is 1. The zero-order valence-electron chi connectivity index (χ0n) is 15.0. The molecule has 0 nitrogen and oxygen atoms in total. The van der Waals surface area contributed by atoms with Gasteiger partial charge in [0.25, 0.3) is 0 Å². The van der Waals surface area contributed by atoms with E-state index in [1.54, 1.807) is 6.07 Å². The zero-order chi connectivity index (χ0) is 16.9. The molecule has 24 heavy (non-hydrogen) atoms. The first-order chi connectivity index (χ1) is 11.7. The molecule has 0 N–H and O–H groups in total. The first-order valence-electron chi connectivity index (χ1n) is 9.54. The summed E-state index contributed by atoms with van der Waals surface area (Å²) in [6.45, 7) is 4.32. The molecule has 0 aliphatic heterocycles. The second kappa shape index (κ2) is 7.96. The molecule has 0 atom stereocenters. The summed E-state index contributed by atoms with van der Waals surface area (Å²) in [7, 11) is 0. The summed E-state index contributed by atoms with van der Waals surface area (Å²) in [6, 6.07) is 14.0. The van der Waals surface area contributed by atoms with Crippen molar-refractivity contribution in [1.29, 1.82) is 0 Å². The van der Waals surface area contributed by atoms with Crippen LogP contribution >= 0.6 is 0 Å². The third-order valence-corrected chi connectivity index (χ3v) is 5.64. The third kappa shape index (κ3) is 4.06. The van der Waals surface area contributed by atoms with Gasteiger partial charge in [-0.3, -0.25) is 0 Å². The van der Waals surface area contributed by atoms with Gasteiger partial charge in [-0.2, -0.15) is 0 Å². The van der Waals surface area contributed by atoms with Crippen LogP contribution in [0.2, 0.25) is 0 Å². The van der Waals surface area contributed by atoms with Crippen molar-refractivity contribution in [3.63, 3.8) is 0 Å². The molecule has 1 fully saturated rings. The van der Waals surface area contributed by atoms with Crippen LogP contribution in [0.15, 0.2) is 42.5 Å². The van der Waals surface area contributed by atoms with Gasteiger partial charge in [-0.15, -0.1) is 0 Å². The van der Waals surface area contributed by atoms with Gasteiger partial charge in [0.15, 0.2) is 0 Å². The lowest BCUT2D eigenvalue weighted by molar-refractivity contribution is 0.304. The molecule has 1 aliphatic rings. The summed E-state index contributed by atoms with van der Waals surface area (Å²) in [5, 5.41) is 0. The standard InChI is InChI=1S/C23H29F/c1-3-4-5-18-8-12-19(13-9-18)21-14-15-22(23(24)16-21)20-10-6-17(2)7-11-20/h6-7,10-11,14-16,18-19H,3-5,8-9,12-13H2,1-2H3. The molecule has 128 valence electrons. The summed E-state index contributed by atoms with van der Waals surface area (Å²) in [5.41, 5.74) is 4.08. The SMILES string of the molecule is CCCCC1CCC(c2ccc(-c3ccc(C)cc3)c(F)c2)CC1. The minimum Gasteiger partial charge on any atom is -0.206 e. The quantitative estimate of drug-likeness (QED) is 0.542. The van der Waals surface area contributed by atoms with Crippen molar-refractivity contribution >= 4 is 0 Å². The Hall–Kier alpha value is -1.63. The normalized spacial score (nSPS) is 21.0. The van der Waals surface area contributed by atoms with E-state index in [2.05, 4.69) is 19.9 Å². The van der Waals surface area contributed by atoms with Crippen molar-refractivity contribution in [2.75, 3.05) is 0 Å². The lowest BCUT2D eigenvalue weighted by atomic mass is 9.77. The maximum Gasteiger partial charge on any atom is 0.131 e. The number of rotatable bonds is 5. The minimum atomic E-state index is -0.0792. The highest BCUT2D eigenvalue weighted by Crippen LogP contribution is 2.38. The van der Waals surface area contributed by atoms with Crippen molar-refractivity contribution < 1.29 is 4.39 Å². The largest absolute Gasteiger partial charge is 0.206 e. The van der Waals surface area contributed by atoms with Crippen LogP contribution in [-0.2, 0) is 0 Å². The van der Waals surface area contributed by atoms with Crippen molar-refractivity contribution in [3.8, 4) is 11.1 Å². The van der Waals surface area contributed by atoms with Gasteiger partial charge >= 0.3 is 0 Å². The van der Waals surface area contributed by atoms with E-state index in [0.717, 1.165) is 17.0 Å². The van der Waals surface area contributed by atoms with E-state index in [1.807, 2.05) is 30.3 Å². The van der Waals surface area contributed by atoms with E-state index in [9.17, 15) is 4.39 Å². The highest BCUT2D eigenvalue weighted by Gasteiger charge is 2.22. The molecule has 0 heterocycles. The Morgan fingerprint density at radius 3 is 2.29 bits per heavy atom. The van der Waals surface area contributed by atoms with Crippen LogP contribution in [0.1, 0.15) is 68.9 Å². The molecule has 0 bridgehead atoms. The Balaban J connectivity index is 1.68. The van der Waals surface area contributed by atoms with Crippen LogP contribution in [0.3, 0.4) is 0 Å². The van der Waals surface area contributed by atoms with Gasteiger partial charge in [0, 0.05) is 5.56 Å². The number of aryl methyl sites for hydroxylation is 1. The average Bonchev–Trinajstić information content (AvgIpc) is 2.61. The highest BCUT2D eigenvalue weighted by molar-refractivity contribution is 5.64. The van der Waals surface area contributed by atoms with E-state index in [0.29, 0.717) is 5.92 Å². The molecule has 0 saturated heterocycles. The van der Waals surface area contributed by atoms with Gasteiger partial charge in [-0.05, 0) is 61.6 Å². The number of hydrogen-bond acceptors (Lipinski definition) is 0. The van der Waals surface area contributed by atoms with Gasteiger partial charge < -0.3 is 0 Å². The molecular formula is C23H29F. The molecule has 0 radical (unpaired) electrons. The first-order valence-corrected chi connectivity index (χ1v) is 9.54. The molecule has 2 aromatic rings. The highest BCUT2D eigenvalue weighted by atomic mass is 19.1. The molecule has 0 unspecified atom stereocenters. The Morgan fingerprint density at radius 1 is 0.958 bits per heavy atom. The van der Waals surface area contributed by atoms with Gasteiger partial charge in [-0.25, -0.2) is 4.39 Å². The topological polar surface area (TPSA) is 0 Å². The smallest absolute Gasteiger partial charge is 0.131 e. The predicted molar refractivity (Wildman–Crippen MR) is 101 cm³/mol. The van der Waals surface area contributed by atoms with Crippen LogP contribution in [0.5, 0.6) is 0 Å². The van der Waals surface area contributed by atoms with Gasteiger partial charge in [0.2, 0.25) is 0 Å². The van der Waals surface area contributed by atoms with E-state index in [4.69, 9.17) is 0 Å². The monoisotopic (exact) mass is 324 g/mol. The first kappa shape index (κ1) is 17.2. The second-order valence-corrected chi connectivity index (χ2v) is 7.47. The Morgan fingerprint density at radius 2 is 1.67 bits per heavy atom. The fraction of sp³-hybridized carbons (Fsp3) is 0.478. The number of halogens is 1. The Kier molecular flexibility index (Phi) is 5.71. The van der Waals surface area contributed by atoms with Gasteiger partial charge in [0.1, 0.15) is 5.82 Å². The van der Waals surface area contributed by atoms with E-state index in [1.165, 1.54) is 56.1 Å². The second-order valence-electron chi connectivity index (χ2n) is 7.47. The molecule has 1 aliphatic carbocycles. The lowest BCUT2D eigenvalue weighted by Gasteiger charge is -2.29. The minimum absolute atomic E-state index is 0.0792. The molecule has 0 amide bonds. The predicted octanol–water partition coefficient (Wildman–Crippen LogP) is 7.27. The fourth-order valence-electron chi connectivity index (χ4n) is 4.03. The van der Waals surface area contributed by atoms with Gasteiger partial charge in [-0.1, -0.05) is 68.1 Å². The summed E-state index contributed by atoms with van der Waals surface area (Å²) in [5.74, 6) is 1.37. The zero-order valence-corrected chi connectivity index (χ0v) is 15.0. The number of hydrogen-bond donors (Lipinski definition) is 0. The van der Waals surface area contributed by atoms with Gasteiger partial charge in [0.05, 0.1) is 0 Å². The van der Waals surface area contributed by atoms with Crippen LogP contribution in [0.4, 0.5) is 4.39 Å². The Labute approximate surface area is 146 Å². The molecule has 2 aromatic carbocycles. The molecule has 1 heteroatoms. The lowest BCUT2D eigenvalue weighted by Crippen LogP contribution is -2.13. The van der Waals surface area contributed by atoms with Crippen LogP contribution in [0.25, 0.3) is 11.1 Å². The Bertz CT molecular complexity index is 648. The van der Waals surface area contributed by atoms with Crippen molar-refractivity contribution in [2.45, 2.75) is 64.7 Å². The van der Waals surface area contributed by atoms with Crippen LogP contribution in [0, 0.1) is 18.7 Å². The van der Waals surface area contributed by atoms with Crippen molar-refractivity contribution in [1.82, 2.24) is 0 Å². The molecule has 0 spiro atoms. The maximum absolute atomic E-state index is 14.6. The van der Waals surface area contributed by atoms with E-state index in [-0.39, 0.29) is 5.82 Å². The average molecular weight is 324 g/mol. The summed E-state index contributed by atoms with van der Waals surface area (Å²) in [6.07, 6.45) is 9.10. The summed E-state index contributed by atoms with van der Waals surface area (Å²) in [4.78, 5) is 0. The van der Waals surface area contributed by atoms with Crippen LogP contribution < -0.4 is 0 Å². The van der Waals surface area contributed by atoms with E-state index < -0.39 is 0 Å². The van der Waals surface area contributed by atoms with Crippen molar-refractivity contribution in [3.05, 3.63) is 59.4 Å². The van der Waals surface area contributed by atoms with Crippen LogP contribution in [-0.4, -0.2) is 0 Å². The van der Waals surface area contributed by atoms with E-state index >= 15 is 0 Å². The third-order valence-electron chi connectivity index (χ3n) is 5.64. The molecular weight excluding hydrogens is 295 g/mol.